The topological polar surface area (TPSA) is 148 Å². The van der Waals surface area contributed by atoms with Gasteiger partial charge in [-0.15, -0.1) is 0 Å². The van der Waals surface area contributed by atoms with E-state index in [2.05, 4.69) is 22.4 Å². The second kappa shape index (κ2) is 10.1. The Morgan fingerprint density at radius 2 is 1.88 bits per heavy atom. The molecule has 0 saturated carbocycles. The predicted molar refractivity (Wildman–Crippen MR) is 145 cm³/mol. The number of nitriles is 1. The Balaban J connectivity index is 1.84. The fourth-order valence-corrected chi connectivity index (χ4v) is 6.54. The van der Waals surface area contributed by atoms with Gasteiger partial charge in [-0.3, -0.25) is 9.69 Å². The summed E-state index contributed by atoms with van der Waals surface area (Å²) in [6.07, 6.45) is 2.29. The van der Waals surface area contributed by atoms with Gasteiger partial charge in [-0.2, -0.15) is 5.26 Å². The van der Waals surface area contributed by atoms with Crippen LogP contribution in [0.4, 0.5) is 0 Å². The Bertz CT molecular complexity index is 1460. The van der Waals surface area contributed by atoms with Gasteiger partial charge in [-0.25, -0.2) is 0 Å². The zero-order valence-electron chi connectivity index (χ0n) is 23.4. The van der Waals surface area contributed by atoms with Crippen LogP contribution in [0.5, 0.6) is 28.7 Å². The highest BCUT2D eigenvalue weighted by Crippen LogP contribution is 2.58. The van der Waals surface area contributed by atoms with Crippen LogP contribution in [0.2, 0.25) is 0 Å². The minimum absolute atomic E-state index is 0.00315. The van der Waals surface area contributed by atoms with E-state index in [-0.39, 0.29) is 42.2 Å². The summed E-state index contributed by atoms with van der Waals surface area (Å²) >= 11 is 0. The highest BCUT2D eigenvalue weighted by atomic mass is 16.7. The second-order valence-corrected chi connectivity index (χ2v) is 10.5. The lowest BCUT2D eigenvalue weighted by atomic mass is 9.75. The number of phenolic OH excluding ortho intramolecular Hbond substituents is 3. The summed E-state index contributed by atoms with van der Waals surface area (Å²) in [5, 5.41) is 46.3. The SMILES string of the molecule is COCOc1c(OC)c(C)cc2c1[C@@H]1C3=Cc4c(O)c(C)c(O)c(O)c4C(CNC(C)=O)N3[C@@H](C#N)[C@H](C2)N1C. The van der Waals surface area contributed by atoms with E-state index >= 15 is 0 Å². The smallest absolute Gasteiger partial charge is 0.216 e. The third-order valence-electron chi connectivity index (χ3n) is 8.32. The molecule has 2 aromatic rings. The van der Waals surface area contributed by atoms with Gasteiger partial charge in [0.2, 0.25) is 5.91 Å². The highest BCUT2D eigenvalue weighted by Gasteiger charge is 2.53. The molecule has 5 rings (SSSR count). The first-order valence-corrected chi connectivity index (χ1v) is 13.0. The molecule has 1 saturated heterocycles. The molecule has 0 aromatic heterocycles. The third-order valence-corrected chi connectivity index (χ3v) is 8.32. The van der Waals surface area contributed by atoms with Gasteiger partial charge in [0.05, 0.1) is 25.3 Å². The summed E-state index contributed by atoms with van der Waals surface area (Å²) in [7, 11) is 5.07. The minimum atomic E-state index is -0.753. The lowest BCUT2D eigenvalue weighted by molar-refractivity contribution is -0.119. The van der Waals surface area contributed by atoms with Gasteiger partial charge in [0.25, 0.3) is 0 Å². The molecule has 4 atom stereocenters. The molecule has 3 aliphatic rings. The Morgan fingerprint density at radius 3 is 2.50 bits per heavy atom. The fourth-order valence-electron chi connectivity index (χ4n) is 6.54. The number of hydrogen-bond donors (Lipinski definition) is 4. The minimum Gasteiger partial charge on any atom is -0.507 e. The van der Waals surface area contributed by atoms with Crippen LogP contribution in [0, 0.1) is 25.2 Å². The summed E-state index contributed by atoms with van der Waals surface area (Å²) < 4.78 is 17.1. The van der Waals surface area contributed by atoms with Gasteiger partial charge >= 0.3 is 0 Å². The van der Waals surface area contributed by atoms with E-state index in [1.54, 1.807) is 13.2 Å². The molecule has 0 spiro atoms. The maximum Gasteiger partial charge on any atom is 0.216 e. The van der Waals surface area contributed by atoms with Crippen molar-refractivity contribution in [1.82, 2.24) is 15.1 Å². The Morgan fingerprint density at radius 1 is 1.15 bits per heavy atom. The van der Waals surface area contributed by atoms with Crippen molar-refractivity contribution in [1.29, 1.82) is 5.26 Å². The molecule has 1 unspecified atom stereocenters. The molecule has 2 bridgehead atoms. The van der Waals surface area contributed by atoms with Crippen LogP contribution in [-0.4, -0.2) is 77.7 Å². The number of nitrogens with one attached hydrogen (secondary N) is 1. The monoisotopic (exact) mass is 550 g/mol. The van der Waals surface area contributed by atoms with Crippen molar-refractivity contribution in [2.24, 2.45) is 0 Å². The lowest BCUT2D eigenvalue weighted by Gasteiger charge is -2.57. The number of nitrogens with zero attached hydrogens (tertiary/aromatic N) is 3. The molecule has 1 amide bonds. The number of carbonyl (C=O) groups excluding carboxylic acids is 1. The zero-order valence-corrected chi connectivity index (χ0v) is 23.4. The molecule has 0 aliphatic carbocycles. The van der Waals surface area contributed by atoms with Crippen LogP contribution >= 0.6 is 0 Å². The van der Waals surface area contributed by atoms with Gasteiger partial charge in [0.1, 0.15) is 11.8 Å². The summed E-state index contributed by atoms with van der Waals surface area (Å²) in [6, 6.07) is 2.41. The quantitative estimate of drug-likeness (QED) is 0.240. The largest absolute Gasteiger partial charge is 0.507 e. The number of aromatic hydroxyl groups is 3. The first kappa shape index (κ1) is 27.4. The molecule has 1 fully saturated rings. The molecule has 0 radical (unpaired) electrons. The average molecular weight is 551 g/mol. The Kier molecular flexibility index (Phi) is 6.94. The lowest BCUT2D eigenvalue weighted by Crippen LogP contribution is -2.62. The number of likely N-dealkylation sites (N-methyl/N-ethyl adjacent to an activating group) is 1. The number of hydrogen-bond acceptors (Lipinski definition) is 10. The second-order valence-electron chi connectivity index (χ2n) is 10.5. The normalized spacial score (nSPS) is 22.8. The first-order chi connectivity index (χ1) is 19.1. The molecule has 212 valence electrons. The number of aryl methyl sites for hydroxylation is 1. The number of ether oxygens (including phenoxy) is 3. The number of amides is 1. The van der Waals surface area contributed by atoms with E-state index in [1.165, 1.54) is 21.0 Å². The molecule has 2 aromatic carbocycles. The van der Waals surface area contributed by atoms with Crippen molar-refractivity contribution in [2.45, 2.75) is 51.4 Å². The van der Waals surface area contributed by atoms with Crippen LogP contribution in [0.25, 0.3) is 6.08 Å². The number of piperazine rings is 1. The van der Waals surface area contributed by atoms with E-state index < -0.39 is 29.6 Å². The molecule has 3 heterocycles. The van der Waals surface area contributed by atoms with Crippen molar-refractivity contribution < 1.29 is 34.3 Å². The number of phenols is 3. The molecule has 4 N–H and O–H groups in total. The van der Waals surface area contributed by atoms with Gasteiger partial charge in [0.15, 0.2) is 29.8 Å². The van der Waals surface area contributed by atoms with E-state index in [0.29, 0.717) is 29.2 Å². The standard InChI is InChI=1S/C29H34N4O7/c1-13-7-16-8-18-20(10-30)33-19(24(32(18)4)22(16)29(28(13)39-6)40-12-38-5)9-17-23(21(33)11-31-15(3)34)27(37)26(36)14(2)25(17)35/h7,9,18,20-21,24,35-37H,8,11-12H2,1-6H3,(H,31,34)/t18-,20-,21?,24-/m0/s1. The van der Waals surface area contributed by atoms with Crippen molar-refractivity contribution in [3.63, 3.8) is 0 Å². The van der Waals surface area contributed by atoms with Crippen LogP contribution < -0.4 is 14.8 Å². The van der Waals surface area contributed by atoms with E-state index in [1.807, 2.05) is 18.9 Å². The summed E-state index contributed by atoms with van der Waals surface area (Å²) in [4.78, 5) is 16.0. The zero-order chi connectivity index (χ0) is 29.0. The Hall–Kier alpha value is -4.14. The maximum absolute atomic E-state index is 12.0. The summed E-state index contributed by atoms with van der Waals surface area (Å²) in [5.41, 5.74) is 4.14. The molecule has 40 heavy (non-hydrogen) atoms. The number of rotatable bonds is 6. The van der Waals surface area contributed by atoms with Crippen LogP contribution in [-0.2, 0) is 16.0 Å². The third kappa shape index (κ3) is 3.90. The number of methoxy groups -OCH3 is 2. The molecular formula is C29H34N4O7. The van der Waals surface area contributed by atoms with Gasteiger partial charge in [0, 0.05) is 54.6 Å². The van der Waals surface area contributed by atoms with E-state index in [9.17, 15) is 25.4 Å². The molecular weight excluding hydrogens is 516 g/mol. The maximum atomic E-state index is 12.0. The van der Waals surface area contributed by atoms with Crippen LogP contribution in [0.1, 0.15) is 52.4 Å². The molecule has 11 heteroatoms. The van der Waals surface area contributed by atoms with E-state index in [0.717, 1.165) is 16.7 Å². The molecule has 11 nitrogen and oxygen atoms in total. The Labute approximate surface area is 232 Å². The van der Waals surface area contributed by atoms with E-state index in [4.69, 9.17) is 14.2 Å². The van der Waals surface area contributed by atoms with Crippen molar-refractivity contribution in [3.8, 4) is 34.8 Å². The van der Waals surface area contributed by atoms with Crippen molar-refractivity contribution >= 4 is 12.0 Å². The average Bonchev–Trinajstić information content (AvgIpc) is 2.92. The summed E-state index contributed by atoms with van der Waals surface area (Å²) in [5.74, 6) is -0.199. The van der Waals surface area contributed by atoms with Gasteiger partial charge in [-0.05, 0) is 44.5 Å². The number of benzene rings is 2. The van der Waals surface area contributed by atoms with Gasteiger partial charge in [-0.1, -0.05) is 6.07 Å². The number of carbonyl (C=O) groups is 1. The van der Waals surface area contributed by atoms with Crippen molar-refractivity contribution in [3.05, 3.63) is 45.1 Å². The summed E-state index contributed by atoms with van der Waals surface area (Å²) in [6.45, 7) is 4.87. The van der Waals surface area contributed by atoms with Crippen LogP contribution in [0.3, 0.4) is 0 Å². The van der Waals surface area contributed by atoms with Gasteiger partial charge < -0.3 is 39.7 Å². The predicted octanol–water partition coefficient (Wildman–Crippen LogP) is 2.75. The molecule has 3 aliphatic heterocycles. The highest BCUT2D eigenvalue weighted by molar-refractivity contribution is 5.77. The van der Waals surface area contributed by atoms with Crippen molar-refractivity contribution in [2.75, 3.05) is 34.6 Å². The van der Waals surface area contributed by atoms with Crippen LogP contribution in [0.15, 0.2) is 11.8 Å². The first-order valence-electron chi connectivity index (χ1n) is 13.0. The number of fused-ring (bicyclic) bond motifs is 7. The fraction of sp³-hybridized carbons (Fsp3) is 0.448.